The molecule has 0 radical (unpaired) electrons. The number of nitrogens with one attached hydrogen (secondary N) is 2. The predicted octanol–water partition coefficient (Wildman–Crippen LogP) is -0.461. The summed E-state index contributed by atoms with van der Waals surface area (Å²) in [5.74, 6) is -1.96. The number of carbonyl (C=O) groups is 4. The van der Waals surface area contributed by atoms with Gasteiger partial charge in [-0.2, -0.15) is 11.8 Å². The van der Waals surface area contributed by atoms with Gasteiger partial charge in [-0.3, -0.25) is 14.4 Å². The maximum atomic E-state index is 13.2. The fourth-order valence-electron chi connectivity index (χ4n) is 3.49. The first kappa shape index (κ1) is 27.2. The molecule has 1 aliphatic rings. The van der Waals surface area contributed by atoms with Crippen molar-refractivity contribution >= 4 is 35.5 Å². The van der Waals surface area contributed by atoms with Gasteiger partial charge in [0.15, 0.2) is 6.04 Å². The second-order valence-corrected chi connectivity index (χ2v) is 9.32. The summed E-state index contributed by atoms with van der Waals surface area (Å²) < 4.78 is 0. The highest BCUT2D eigenvalue weighted by Crippen LogP contribution is 2.21. The van der Waals surface area contributed by atoms with Gasteiger partial charge in [-0.1, -0.05) is 13.8 Å². The zero-order valence-electron chi connectivity index (χ0n) is 18.7. The molecule has 5 atom stereocenters. The van der Waals surface area contributed by atoms with E-state index in [1.807, 2.05) is 20.1 Å². The molecule has 0 bridgehead atoms. The first-order valence-corrected chi connectivity index (χ1v) is 12.0. The lowest BCUT2D eigenvalue weighted by molar-refractivity contribution is -0.147. The van der Waals surface area contributed by atoms with Crippen molar-refractivity contribution in [2.75, 3.05) is 18.6 Å². The van der Waals surface area contributed by atoms with Gasteiger partial charge in [-0.05, 0) is 50.5 Å². The van der Waals surface area contributed by atoms with Crippen LogP contribution in [-0.2, 0) is 19.2 Å². The third kappa shape index (κ3) is 8.30. The summed E-state index contributed by atoms with van der Waals surface area (Å²) in [6.07, 6.45) is 2.45. The van der Waals surface area contributed by atoms with E-state index in [1.165, 1.54) is 11.8 Å². The smallest absolute Gasteiger partial charge is 0.328 e. The van der Waals surface area contributed by atoms with Crippen LogP contribution < -0.4 is 16.4 Å². The van der Waals surface area contributed by atoms with Crippen LogP contribution in [0.5, 0.6) is 0 Å². The van der Waals surface area contributed by atoms with E-state index in [0.717, 1.165) is 5.75 Å². The zero-order valence-corrected chi connectivity index (χ0v) is 19.5. The number of carboxylic acid groups (broad SMARTS) is 1. The van der Waals surface area contributed by atoms with E-state index in [1.54, 1.807) is 11.8 Å². The predicted molar refractivity (Wildman–Crippen MR) is 118 cm³/mol. The lowest BCUT2D eigenvalue weighted by Crippen LogP contribution is -2.58. The SMILES string of the molecule is CSCCC(N)C(=O)NC(CC(C)C)C(=O)N1CCCC1C(=O)NC(C(=O)O)C(C)O. The van der Waals surface area contributed by atoms with Gasteiger partial charge in [0.2, 0.25) is 17.7 Å². The Hall–Kier alpha value is -1.85. The van der Waals surface area contributed by atoms with Crippen molar-refractivity contribution < 1.29 is 29.4 Å². The van der Waals surface area contributed by atoms with Gasteiger partial charge in [-0.15, -0.1) is 0 Å². The Morgan fingerprint density at radius 1 is 1.19 bits per heavy atom. The van der Waals surface area contributed by atoms with Crippen molar-refractivity contribution in [3.63, 3.8) is 0 Å². The molecule has 6 N–H and O–H groups in total. The van der Waals surface area contributed by atoms with E-state index in [9.17, 15) is 29.4 Å². The highest BCUT2D eigenvalue weighted by Gasteiger charge is 2.39. The van der Waals surface area contributed by atoms with Gasteiger partial charge in [0.1, 0.15) is 12.1 Å². The third-order valence-electron chi connectivity index (χ3n) is 5.18. The molecule has 0 spiro atoms. The average molecular weight is 461 g/mol. The molecular formula is C20H36N4O6S. The number of aliphatic hydroxyl groups is 1. The first-order valence-electron chi connectivity index (χ1n) is 10.6. The van der Waals surface area contributed by atoms with Gasteiger partial charge in [0.25, 0.3) is 0 Å². The molecule has 0 aromatic rings. The molecule has 1 heterocycles. The Kier molecular flexibility index (Phi) is 11.3. The Morgan fingerprint density at radius 3 is 2.35 bits per heavy atom. The lowest BCUT2D eigenvalue weighted by Gasteiger charge is -2.31. The molecule has 1 rings (SSSR count). The second kappa shape index (κ2) is 12.9. The molecule has 0 aromatic heterocycles. The number of nitrogens with two attached hydrogens (primary N) is 1. The molecule has 1 aliphatic heterocycles. The maximum absolute atomic E-state index is 13.2. The molecule has 3 amide bonds. The fourth-order valence-corrected chi connectivity index (χ4v) is 3.98. The second-order valence-electron chi connectivity index (χ2n) is 8.33. The van der Waals surface area contributed by atoms with E-state index >= 15 is 0 Å². The van der Waals surface area contributed by atoms with Crippen molar-refractivity contribution in [1.29, 1.82) is 0 Å². The van der Waals surface area contributed by atoms with Crippen molar-refractivity contribution in [3.8, 4) is 0 Å². The number of rotatable bonds is 12. The van der Waals surface area contributed by atoms with E-state index in [4.69, 9.17) is 5.73 Å². The number of nitrogens with zero attached hydrogens (tertiary/aromatic N) is 1. The molecule has 0 aliphatic carbocycles. The van der Waals surface area contributed by atoms with Crippen molar-refractivity contribution in [1.82, 2.24) is 15.5 Å². The van der Waals surface area contributed by atoms with Crippen LogP contribution >= 0.6 is 11.8 Å². The number of aliphatic hydroxyl groups excluding tert-OH is 1. The van der Waals surface area contributed by atoms with Crippen molar-refractivity contribution in [2.24, 2.45) is 11.7 Å². The number of hydrogen-bond donors (Lipinski definition) is 5. The van der Waals surface area contributed by atoms with Gasteiger partial charge in [0, 0.05) is 6.54 Å². The highest BCUT2D eigenvalue weighted by molar-refractivity contribution is 7.98. The minimum Gasteiger partial charge on any atom is -0.480 e. The van der Waals surface area contributed by atoms with Crippen LogP contribution in [0.1, 0.15) is 46.5 Å². The van der Waals surface area contributed by atoms with Crippen molar-refractivity contribution in [2.45, 2.75) is 76.7 Å². The topological polar surface area (TPSA) is 162 Å². The average Bonchev–Trinajstić information content (AvgIpc) is 3.17. The van der Waals surface area contributed by atoms with Crippen LogP contribution in [-0.4, -0.2) is 87.6 Å². The monoisotopic (exact) mass is 460 g/mol. The number of thioether (sulfide) groups is 1. The fraction of sp³-hybridized carbons (Fsp3) is 0.800. The van der Waals surface area contributed by atoms with E-state index in [-0.39, 0.29) is 11.8 Å². The van der Waals surface area contributed by atoms with Crippen LogP contribution in [0.3, 0.4) is 0 Å². The Balaban J connectivity index is 2.93. The molecule has 1 fully saturated rings. The minimum absolute atomic E-state index is 0.109. The molecule has 10 nitrogen and oxygen atoms in total. The normalized spacial score (nSPS) is 20.1. The van der Waals surface area contributed by atoms with Crippen LogP contribution in [0.25, 0.3) is 0 Å². The lowest BCUT2D eigenvalue weighted by atomic mass is 10.0. The molecule has 11 heteroatoms. The summed E-state index contributed by atoms with van der Waals surface area (Å²) >= 11 is 1.58. The van der Waals surface area contributed by atoms with Gasteiger partial charge >= 0.3 is 5.97 Å². The first-order chi connectivity index (χ1) is 14.5. The van der Waals surface area contributed by atoms with E-state index in [0.29, 0.717) is 32.2 Å². The van der Waals surface area contributed by atoms with Crippen LogP contribution in [0, 0.1) is 5.92 Å². The summed E-state index contributed by atoms with van der Waals surface area (Å²) in [5.41, 5.74) is 5.93. The number of carbonyl (C=O) groups excluding carboxylic acids is 3. The van der Waals surface area contributed by atoms with Crippen LogP contribution in [0.2, 0.25) is 0 Å². The molecule has 1 saturated heterocycles. The molecule has 31 heavy (non-hydrogen) atoms. The Morgan fingerprint density at radius 2 is 1.84 bits per heavy atom. The minimum atomic E-state index is -1.47. The number of amides is 3. The van der Waals surface area contributed by atoms with E-state index < -0.39 is 48.1 Å². The molecule has 5 unspecified atom stereocenters. The summed E-state index contributed by atoms with van der Waals surface area (Å²) in [5, 5.41) is 23.9. The number of likely N-dealkylation sites (tertiary alicyclic amines) is 1. The maximum Gasteiger partial charge on any atom is 0.328 e. The van der Waals surface area contributed by atoms with Gasteiger partial charge in [-0.25, -0.2) is 4.79 Å². The summed E-state index contributed by atoms with van der Waals surface area (Å²) in [7, 11) is 0. The Bertz CT molecular complexity index is 645. The van der Waals surface area contributed by atoms with Crippen LogP contribution in [0.4, 0.5) is 0 Å². The van der Waals surface area contributed by atoms with Gasteiger partial charge in [0.05, 0.1) is 12.1 Å². The molecular weight excluding hydrogens is 424 g/mol. The largest absolute Gasteiger partial charge is 0.480 e. The Labute approximate surface area is 187 Å². The summed E-state index contributed by atoms with van der Waals surface area (Å²) in [6.45, 7) is 5.44. The number of aliphatic carboxylic acids is 1. The highest BCUT2D eigenvalue weighted by atomic mass is 32.2. The molecule has 0 aromatic carbocycles. The zero-order chi connectivity index (χ0) is 23.7. The third-order valence-corrected chi connectivity index (χ3v) is 5.82. The van der Waals surface area contributed by atoms with Crippen molar-refractivity contribution in [3.05, 3.63) is 0 Å². The number of carboxylic acids is 1. The molecule has 178 valence electrons. The quantitative estimate of drug-likeness (QED) is 0.261. The van der Waals surface area contributed by atoms with Gasteiger partial charge < -0.3 is 31.5 Å². The number of hydrogen-bond acceptors (Lipinski definition) is 7. The van der Waals surface area contributed by atoms with Crippen LogP contribution in [0.15, 0.2) is 0 Å². The summed E-state index contributed by atoms with van der Waals surface area (Å²) in [6, 6.07) is -3.88. The summed E-state index contributed by atoms with van der Waals surface area (Å²) in [4.78, 5) is 51.1. The van der Waals surface area contributed by atoms with E-state index in [2.05, 4.69) is 10.6 Å². The molecule has 0 saturated carbocycles. The standard InChI is InChI=1S/C20H36N4O6S/c1-11(2)10-14(22-17(26)13(21)7-9-31-4)19(28)24-8-5-6-15(24)18(27)23-16(12(3)25)20(29)30/h11-16,25H,5-10,21H2,1-4H3,(H,22,26)(H,23,27)(H,29,30).